The first-order valence-electron chi connectivity index (χ1n) is 3.56. The van der Waals surface area contributed by atoms with E-state index in [1.54, 1.807) is 19.6 Å². The highest BCUT2D eigenvalue weighted by Gasteiger charge is 2.45. The molecule has 0 radical (unpaired) electrons. The Morgan fingerprint density at radius 1 is 1.54 bits per heavy atom. The van der Waals surface area contributed by atoms with Crippen LogP contribution in [0.15, 0.2) is 0 Å². The maximum absolute atomic E-state index is 13.0. The van der Waals surface area contributed by atoms with Crippen LogP contribution in [0.25, 0.3) is 0 Å². The fourth-order valence-electron chi connectivity index (χ4n) is 0.523. The van der Waals surface area contributed by atoms with Crippen LogP contribution >= 0.6 is 23.2 Å². The molecule has 1 N–H and O–H groups in total. The molecule has 0 aliphatic rings. The van der Waals surface area contributed by atoms with E-state index >= 15 is 0 Å². The molecular formula is C6H11Cl2F2NOSi. The Hall–Kier alpha value is 0.127. The monoisotopic (exact) mass is 249 g/mol. The molecule has 13 heavy (non-hydrogen) atoms. The topological polar surface area (TPSA) is 29.1 Å². The van der Waals surface area contributed by atoms with Crippen LogP contribution in [0, 0.1) is 0 Å². The van der Waals surface area contributed by atoms with Gasteiger partial charge >= 0.3 is 5.13 Å². The summed E-state index contributed by atoms with van der Waals surface area (Å²) in [6.07, 6.45) is 0. The number of carbonyl (C=O) groups is 1. The van der Waals surface area contributed by atoms with Gasteiger partial charge in [-0.1, -0.05) is 42.8 Å². The molecule has 0 fully saturated rings. The van der Waals surface area contributed by atoms with Crippen molar-refractivity contribution >= 4 is 37.3 Å². The summed E-state index contributed by atoms with van der Waals surface area (Å²) < 4.78 is 25.3. The minimum absolute atomic E-state index is 1.21. The third-order valence-electron chi connectivity index (χ3n) is 1.07. The van der Waals surface area contributed by atoms with Gasteiger partial charge in [-0.3, -0.25) is 4.79 Å². The van der Waals surface area contributed by atoms with Crippen LogP contribution in [-0.2, 0) is 4.79 Å². The van der Waals surface area contributed by atoms with E-state index in [-0.39, 0.29) is 0 Å². The number of nitrogens with one attached hydrogen (secondary N) is 1. The Labute approximate surface area is 86.7 Å². The number of carbonyl (C=O) groups excluding carboxylic acids is 1. The second kappa shape index (κ2) is 4.10. The number of rotatable bonds is 3. The summed E-state index contributed by atoms with van der Waals surface area (Å²) >= 11 is 9.74. The van der Waals surface area contributed by atoms with Gasteiger partial charge in [-0.2, -0.15) is 0 Å². The first-order chi connectivity index (χ1) is 5.57. The molecule has 0 aromatic rings. The van der Waals surface area contributed by atoms with Crippen molar-refractivity contribution < 1.29 is 13.6 Å². The van der Waals surface area contributed by atoms with E-state index in [0.717, 1.165) is 0 Å². The van der Waals surface area contributed by atoms with Gasteiger partial charge in [-0.15, -0.1) is 0 Å². The first-order valence-corrected chi connectivity index (χ1v) is 7.87. The lowest BCUT2D eigenvalue weighted by Crippen LogP contribution is -2.53. The average Bonchev–Trinajstić information content (AvgIpc) is 1.82. The number of halogens is 4. The highest BCUT2D eigenvalue weighted by Crippen LogP contribution is 2.28. The molecule has 0 rings (SSSR count). The third kappa shape index (κ3) is 4.24. The molecule has 0 saturated heterocycles. The Kier molecular flexibility index (Phi) is 4.14. The Balaban J connectivity index is 4.44. The highest BCUT2D eigenvalue weighted by atomic mass is 35.5. The molecule has 2 atom stereocenters. The predicted octanol–water partition coefficient (Wildman–Crippen LogP) is 2.38. The van der Waals surface area contributed by atoms with Crippen molar-refractivity contribution in [3.05, 3.63) is 0 Å². The second-order valence-electron chi connectivity index (χ2n) is 3.63. The zero-order chi connectivity index (χ0) is 10.9. The van der Waals surface area contributed by atoms with Gasteiger partial charge in [0.05, 0.1) is 0 Å². The van der Waals surface area contributed by atoms with Gasteiger partial charge in [0.1, 0.15) is 8.24 Å². The summed E-state index contributed by atoms with van der Waals surface area (Å²) in [5.41, 5.74) is -2.55. The van der Waals surface area contributed by atoms with Crippen LogP contribution < -0.4 is 4.98 Å². The molecule has 0 aliphatic carbocycles. The minimum Gasteiger partial charge on any atom is -0.378 e. The Morgan fingerprint density at radius 2 is 1.92 bits per heavy atom. The predicted molar refractivity (Wildman–Crippen MR) is 51.9 cm³/mol. The van der Waals surface area contributed by atoms with E-state index < -0.39 is 24.9 Å². The van der Waals surface area contributed by atoms with E-state index in [2.05, 4.69) is 4.98 Å². The standard InChI is InChI=1S/C6H11Cl2F2NOSi/c1-13(2,3)11-5(12)6(8,10)4(7)9/h4H,1-3H3,(H,11,12). The molecule has 0 bridgehead atoms. The molecule has 0 aliphatic heterocycles. The molecule has 2 unspecified atom stereocenters. The molecule has 0 spiro atoms. The number of alkyl halides is 4. The number of hydrogen-bond acceptors (Lipinski definition) is 1. The van der Waals surface area contributed by atoms with Crippen LogP contribution in [-0.4, -0.2) is 24.9 Å². The molecule has 2 nitrogen and oxygen atoms in total. The maximum atomic E-state index is 13.0. The van der Waals surface area contributed by atoms with Gasteiger partial charge in [0, 0.05) is 0 Å². The largest absolute Gasteiger partial charge is 0.378 e. The fourth-order valence-corrected chi connectivity index (χ4v) is 1.61. The van der Waals surface area contributed by atoms with Crippen LogP contribution in [0.3, 0.4) is 0 Å². The van der Waals surface area contributed by atoms with Gasteiger partial charge in [0.15, 0.2) is 0 Å². The molecule has 0 saturated carbocycles. The van der Waals surface area contributed by atoms with Crippen LogP contribution in [0.1, 0.15) is 0 Å². The average molecular weight is 250 g/mol. The lowest BCUT2D eigenvalue weighted by molar-refractivity contribution is -0.127. The summed E-state index contributed by atoms with van der Waals surface area (Å²) in [5.74, 6) is -1.21. The van der Waals surface area contributed by atoms with Gasteiger partial charge in [-0.05, 0) is 0 Å². The van der Waals surface area contributed by atoms with E-state index in [4.69, 9.17) is 23.2 Å². The molecule has 0 aromatic carbocycles. The van der Waals surface area contributed by atoms with Crippen LogP contribution in [0.2, 0.25) is 19.6 Å². The second-order valence-corrected chi connectivity index (χ2v) is 9.31. The maximum Gasteiger partial charge on any atom is 0.305 e. The van der Waals surface area contributed by atoms with Gasteiger partial charge in [-0.25, -0.2) is 8.78 Å². The SMILES string of the molecule is C[Si](C)(C)NC(=O)C(F)(Cl)C(F)Cl. The smallest absolute Gasteiger partial charge is 0.305 e. The van der Waals surface area contributed by atoms with Crippen LogP contribution in [0.4, 0.5) is 8.78 Å². The lowest BCUT2D eigenvalue weighted by Gasteiger charge is -2.23. The van der Waals surface area contributed by atoms with E-state index in [1.807, 2.05) is 0 Å². The quantitative estimate of drug-likeness (QED) is 0.604. The fraction of sp³-hybridized carbons (Fsp3) is 0.833. The van der Waals surface area contributed by atoms with Crippen molar-refractivity contribution in [3.8, 4) is 0 Å². The third-order valence-corrected chi connectivity index (χ3v) is 2.82. The van der Waals surface area contributed by atoms with Gasteiger partial charge in [0.25, 0.3) is 5.91 Å². The van der Waals surface area contributed by atoms with E-state index in [0.29, 0.717) is 0 Å². The molecule has 78 valence electrons. The highest BCUT2D eigenvalue weighted by molar-refractivity contribution is 6.76. The Bertz CT molecular complexity index is 205. The number of hydrogen-bond donors (Lipinski definition) is 1. The molecule has 7 heteroatoms. The summed E-state index contributed by atoms with van der Waals surface area (Å²) in [7, 11) is -2.03. The van der Waals surface area contributed by atoms with Crippen molar-refractivity contribution in [1.29, 1.82) is 0 Å². The molecule has 0 aromatic heterocycles. The van der Waals surface area contributed by atoms with E-state index in [1.165, 1.54) is 0 Å². The molecule has 1 amide bonds. The summed E-state index contributed by atoms with van der Waals surface area (Å²) in [6.45, 7) is 5.25. The van der Waals surface area contributed by atoms with Crippen molar-refractivity contribution in [2.24, 2.45) is 0 Å². The zero-order valence-electron chi connectivity index (χ0n) is 7.50. The molecular weight excluding hydrogens is 239 g/mol. The summed E-state index contributed by atoms with van der Waals surface area (Å²) in [6, 6.07) is 0. The normalized spacial score (nSPS) is 19.0. The van der Waals surface area contributed by atoms with E-state index in [9.17, 15) is 13.6 Å². The zero-order valence-corrected chi connectivity index (χ0v) is 10.0. The minimum atomic E-state index is -3.18. The Morgan fingerprint density at radius 3 is 2.15 bits per heavy atom. The van der Waals surface area contributed by atoms with Gasteiger partial charge < -0.3 is 4.98 Å². The summed E-state index contributed by atoms with van der Waals surface area (Å²) in [4.78, 5) is 13.3. The van der Waals surface area contributed by atoms with Crippen molar-refractivity contribution in [2.45, 2.75) is 30.4 Å². The number of amides is 1. The molecule has 0 heterocycles. The lowest BCUT2D eigenvalue weighted by atomic mass is 10.4. The van der Waals surface area contributed by atoms with Crippen LogP contribution in [0.5, 0.6) is 0 Å². The van der Waals surface area contributed by atoms with Crippen molar-refractivity contribution in [3.63, 3.8) is 0 Å². The van der Waals surface area contributed by atoms with Gasteiger partial charge in [0.2, 0.25) is 5.63 Å². The first kappa shape index (κ1) is 13.1. The van der Waals surface area contributed by atoms with Crippen molar-refractivity contribution in [2.75, 3.05) is 0 Å². The summed E-state index contributed by atoms with van der Waals surface area (Å²) in [5, 5.41) is -3.18. The van der Waals surface area contributed by atoms with Crippen molar-refractivity contribution in [1.82, 2.24) is 4.98 Å².